The largest absolute Gasteiger partial charge is 0.368 e. The summed E-state index contributed by atoms with van der Waals surface area (Å²) in [7, 11) is 2.11. The summed E-state index contributed by atoms with van der Waals surface area (Å²) in [5.41, 5.74) is 3.69. The van der Waals surface area contributed by atoms with Gasteiger partial charge in [-0.2, -0.15) is 0 Å². The van der Waals surface area contributed by atoms with E-state index in [4.69, 9.17) is 0 Å². The highest BCUT2D eigenvalue weighted by atomic mass is 15.2. The van der Waals surface area contributed by atoms with E-state index in [1.807, 2.05) is 12.3 Å². The Hall–Kier alpha value is -1.55. The van der Waals surface area contributed by atoms with Crippen molar-refractivity contribution in [2.24, 2.45) is 7.05 Å². The van der Waals surface area contributed by atoms with Crippen molar-refractivity contribution in [3.63, 3.8) is 0 Å². The Balaban J connectivity index is 1.55. The highest BCUT2D eigenvalue weighted by Crippen LogP contribution is 2.30. The van der Waals surface area contributed by atoms with E-state index in [0.717, 1.165) is 24.6 Å². The third kappa shape index (κ3) is 1.90. The fourth-order valence-corrected chi connectivity index (χ4v) is 3.60. The van der Waals surface area contributed by atoms with Crippen molar-refractivity contribution in [2.45, 2.75) is 25.3 Å². The van der Waals surface area contributed by atoms with Crippen molar-refractivity contribution < 1.29 is 0 Å². The molecule has 0 amide bonds. The summed E-state index contributed by atoms with van der Waals surface area (Å²) in [5.74, 6) is 0. The fraction of sp³-hybridized carbons (Fsp3) is 0.562. The highest BCUT2D eigenvalue weighted by Gasteiger charge is 2.28. The van der Waals surface area contributed by atoms with Gasteiger partial charge in [-0.1, -0.05) is 0 Å². The first-order chi connectivity index (χ1) is 9.83. The summed E-state index contributed by atoms with van der Waals surface area (Å²) < 4.78 is 2.19. The number of pyridine rings is 1. The Kier molecular flexibility index (Phi) is 2.91. The van der Waals surface area contributed by atoms with Crippen molar-refractivity contribution in [3.05, 3.63) is 24.5 Å². The van der Waals surface area contributed by atoms with E-state index in [0.29, 0.717) is 0 Å². The topological polar surface area (TPSA) is 24.3 Å². The molecule has 0 spiro atoms. The zero-order valence-corrected chi connectivity index (χ0v) is 12.1. The quantitative estimate of drug-likeness (QED) is 0.836. The minimum absolute atomic E-state index is 0.822. The van der Waals surface area contributed by atoms with Gasteiger partial charge in [0.05, 0.1) is 11.2 Å². The molecule has 2 aromatic heterocycles. The number of hydrogen-bond acceptors (Lipinski definition) is 3. The molecule has 0 aliphatic carbocycles. The molecule has 106 valence electrons. The second kappa shape index (κ2) is 4.77. The van der Waals surface area contributed by atoms with Crippen molar-refractivity contribution in [1.82, 2.24) is 14.5 Å². The molecular formula is C16H22N4. The van der Waals surface area contributed by atoms with Crippen LogP contribution in [0.3, 0.4) is 0 Å². The van der Waals surface area contributed by atoms with Crippen LogP contribution in [0.5, 0.6) is 0 Å². The first kappa shape index (κ1) is 12.2. The van der Waals surface area contributed by atoms with Crippen LogP contribution in [0.1, 0.15) is 19.3 Å². The van der Waals surface area contributed by atoms with Crippen LogP contribution in [0.2, 0.25) is 0 Å². The Morgan fingerprint density at radius 2 is 1.95 bits per heavy atom. The number of hydrogen-bond donors (Lipinski definition) is 0. The van der Waals surface area contributed by atoms with Crippen LogP contribution in [-0.2, 0) is 7.05 Å². The van der Waals surface area contributed by atoms with E-state index in [1.165, 1.54) is 43.6 Å². The van der Waals surface area contributed by atoms with E-state index >= 15 is 0 Å². The number of piperidine rings is 1. The average molecular weight is 270 g/mol. The van der Waals surface area contributed by atoms with Crippen molar-refractivity contribution in [1.29, 1.82) is 0 Å². The molecule has 0 N–H and O–H groups in total. The molecule has 0 bridgehead atoms. The predicted molar refractivity (Wildman–Crippen MR) is 82.1 cm³/mol. The molecule has 0 saturated carbocycles. The lowest BCUT2D eigenvalue weighted by Gasteiger charge is -2.43. The van der Waals surface area contributed by atoms with Crippen LogP contribution in [0.25, 0.3) is 11.0 Å². The first-order valence-electron chi connectivity index (χ1n) is 7.72. The zero-order valence-electron chi connectivity index (χ0n) is 12.1. The Bertz CT molecular complexity index is 606. The second-order valence-corrected chi connectivity index (χ2v) is 6.10. The van der Waals surface area contributed by atoms with Gasteiger partial charge in [0, 0.05) is 38.6 Å². The lowest BCUT2D eigenvalue weighted by Crippen LogP contribution is -2.50. The van der Waals surface area contributed by atoms with Gasteiger partial charge in [0.15, 0.2) is 0 Å². The maximum atomic E-state index is 4.59. The number of aryl methyl sites for hydroxylation is 1. The Labute approximate surface area is 120 Å². The SMILES string of the molecule is Cn1cc(N2CCC(N3CCC3)CC2)c2ncccc21. The van der Waals surface area contributed by atoms with Crippen LogP contribution in [0, 0.1) is 0 Å². The standard InChI is InChI=1S/C16H22N4/c1-18-12-15(16-14(18)4-2-7-17-16)20-10-5-13(6-11-20)19-8-3-9-19/h2,4,7,12-13H,3,5-6,8-11H2,1H3. The minimum Gasteiger partial charge on any atom is -0.368 e. The molecule has 4 rings (SSSR count). The molecule has 2 aliphatic rings. The molecule has 2 fully saturated rings. The molecule has 2 aliphatic heterocycles. The third-order valence-corrected chi connectivity index (χ3v) is 4.94. The molecular weight excluding hydrogens is 248 g/mol. The number of nitrogens with zero attached hydrogens (tertiary/aromatic N) is 4. The number of fused-ring (bicyclic) bond motifs is 1. The molecule has 2 aromatic rings. The zero-order chi connectivity index (χ0) is 13.5. The predicted octanol–water partition coefficient (Wildman–Crippen LogP) is 2.25. The van der Waals surface area contributed by atoms with Gasteiger partial charge >= 0.3 is 0 Å². The second-order valence-electron chi connectivity index (χ2n) is 6.10. The van der Waals surface area contributed by atoms with Crippen LogP contribution >= 0.6 is 0 Å². The molecule has 0 aromatic carbocycles. The van der Waals surface area contributed by atoms with Crippen molar-refractivity contribution >= 4 is 16.7 Å². The normalized spacial score (nSPS) is 21.4. The summed E-state index contributed by atoms with van der Waals surface area (Å²) in [6, 6.07) is 4.99. The van der Waals surface area contributed by atoms with E-state index in [-0.39, 0.29) is 0 Å². The Morgan fingerprint density at radius 3 is 2.65 bits per heavy atom. The number of anilines is 1. The summed E-state index contributed by atoms with van der Waals surface area (Å²) in [6.07, 6.45) is 8.13. The van der Waals surface area contributed by atoms with Gasteiger partial charge in [-0.15, -0.1) is 0 Å². The highest BCUT2D eigenvalue weighted by molar-refractivity contribution is 5.89. The molecule has 0 unspecified atom stereocenters. The van der Waals surface area contributed by atoms with Crippen molar-refractivity contribution in [2.75, 3.05) is 31.1 Å². The van der Waals surface area contributed by atoms with Crippen LogP contribution < -0.4 is 4.90 Å². The lowest BCUT2D eigenvalue weighted by atomic mass is 9.99. The Morgan fingerprint density at radius 1 is 1.15 bits per heavy atom. The smallest absolute Gasteiger partial charge is 0.111 e. The number of aromatic nitrogens is 2. The van der Waals surface area contributed by atoms with Gasteiger partial charge in [-0.05, 0) is 44.5 Å². The maximum Gasteiger partial charge on any atom is 0.111 e. The first-order valence-corrected chi connectivity index (χ1v) is 7.72. The molecule has 2 saturated heterocycles. The van der Waals surface area contributed by atoms with Crippen LogP contribution in [0.15, 0.2) is 24.5 Å². The molecule has 4 nitrogen and oxygen atoms in total. The molecule has 4 heteroatoms. The van der Waals surface area contributed by atoms with E-state index in [2.05, 4.69) is 38.7 Å². The summed E-state index contributed by atoms with van der Waals surface area (Å²) in [4.78, 5) is 9.76. The van der Waals surface area contributed by atoms with Crippen molar-refractivity contribution in [3.8, 4) is 0 Å². The van der Waals surface area contributed by atoms with E-state index < -0.39 is 0 Å². The van der Waals surface area contributed by atoms with Crippen LogP contribution in [0.4, 0.5) is 5.69 Å². The maximum absolute atomic E-state index is 4.59. The van der Waals surface area contributed by atoms with E-state index in [1.54, 1.807) is 0 Å². The molecule has 20 heavy (non-hydrogen) atoms. The van der Waals surface area contributed by atoms with Gasteiger partial charge in [0.25, 0.3) is 0 Å². The monoisotopic (exact) mass is 270 g/mol. The number of likely N-dealkylation sites (tertiary alicyclic amines) is 1. The third-order valence-electron chi connectivity index (χ3n) is 4.94. The van der Waals surface area contributed by atoms with Gasteiger partial charge < -0.3 is 14.4 Å². The lowest BCUT2D eigenvalue weighted by molar-refractivity contribution is 0.100. The average Bonchev–Trinajstić information content (AvgIpc) is 2.76. The van der Waals surface area contributed by atoms with Crippen LogP contribution in [-0.4, -0.2) is 46.7 Å². The number of rotatable bonds is 2. The van der Waals surface area contributed by atoms with Gasteiger partial charge in [0.2, 0.25) is 0 Å². The van der Waals surface area contributed by atoms with Gasteiger partial charge in [0.1, 0.15) is 5.52 Å². The molecule has 0 radical (unpaired) electrons. The fourth-order valence-electron chi connectivity index (χ4n) is 3.60. The minimum atomic E-state index is 0.822. The summed E-state index contributed by atoms with van der Waals surface area (Å²) >= 11 is 0. The van der Waals surface area contributed by atoms with Gasteiger partial charge in [-0.25, -0.2) is 0 Å². The summed E-state index contributed by atoms with van der Waals surface area (Å²) in [5, 5.41) is 0. The van der Waals surface area contributed by atoms with Gasteiger partial charge in [-0.3, -0.25) is 4.98 Å². The summed E-state index contributed by atoms with van der Waals surface area (Å²) in [6.45, 7) is 4.97. The van der Waals surface area contributed by atoms with E-state index in [9.17, 15) is 0 Å². The molecule has 0 atom stereocenters. The molecule has 4 heterocycles.